The van der Waals surface area contributed by atoms with Crippen LogP contribution >= 0.6 is 23.2 Å². The normalized spacial score (nSPS) is 32.8. The highest BCUT2D eigenvalue weighted by Crippen LogP contribution is 2.59. The maximum atomic E-state index is 12.7. The molecule has 1 saturated heterocycles. The lowest BCUT2D eigenvalue weighted by Crippen LogP contribution is -2.42. The fourth-order valence-corrected chi connectivity index (χ4v) is 5.77. The van der Waals surface area contributed by atoms with Crippen LogP contribution in [0, 0.1) is 11.3 Å². The van der Waals surface area contributed by atoms with Gasteiger partial charge >= 0.3 is 0 Å². The standard InChI is InChI=1S/C22H23Cl2NO2/c1-12-20-19(13-3-5-14(23)6-4-13)17(9-10-22(20,2)21(27)25-12)16-8-7-15(26)11-18(16)24/h3-8,11-12,17,19-20,26H,9-10H2,1-2H3,(H,25,27)/t12-,17+,19+,20+,22-/m1/s1. The lowest BCUT2D eigenvalue weighted by molar-refractivity contribution is -0.129. The zero-order chi connectivity index (χ0) is 19.3. The van der Waals surface area contributed by atoms with Crippen LogP contribution in [0.5, 0.6) is 5.75 Å². The van der Waals surface area contributed by atoms with Gasteiger partial charge in [-0.05, 0) is 67.0 Å². The number of carbonyl (C=O) groups is 1. The van der Waals surface area contributed by atoms with E-state index in [9.17, 15) is 9.90 Å². The van der Waals surface area contributed by atoms with E-state index < -0.39 is 0 Å². The first-order valence-electron chi connectivity index (χ1n) is 9.36. The van der Waals surface area contributed by atoms with Crippen molar-refractivity contribution in [3.63, 3.8) is 0 Å². The van der Waals surface area contributed by atoms with E-state index in [2.05, 4.69) is 31.3 Å². The quantitative estimate of drug-likeness (QED) is 0.694. The van der Waals surface area contributed by atoms with Crippen LogP contribution in [0.1, 0.15) is 49.7 Å². The summed E-state index contributed by atoms with van der Waals surface area (Å²) in [4.78, 5) is 12.7. The lowest BCUT2D eigenvalue weighted by Gasteiger charge is -2.46. The molecule has 2 aromatic carbocycles. The molecule has 0 spiro atoms. The summed E-state index contributed by atoms with van der Waals surface area (Å²) in [5, 5.41) is 14.2. The average molecular weight is 404 g/mol. The van der Waals surface area contributed by atoms with Crippen LogP contribution in [-0.2, 0) is 4.79 Å². The molecule has 27 heavy (non-hydrogen) atoms. The molecule has 3 nitrogen and oxygen atoms in total. The molecule has 0 unspecified atom stereocenters. The molecule has 2 fully saturated rings. The molecule has 1 saturated carbocycles. The van der Waals surface area contributed by atoms with Crippen molar-refractivity contribution in [2.24, 2.45) is 11.3 Å². The van der Waals surface area contributed by atoms with Gasteiger partial charge in [0, 0.05) is 22.0 Å². The lowest BCUT2D eigenvalue weighted by atomic mass is 9.56. The second kappa shape index (κ2) is 6.72. The Bertz CT molecular complexity index is 882. The van der Waals surface area contributed by atoms with Crippen LogP contribution in [0.4, 0.5) is 0 Å². The summed E-state index contributed by atoms with van der Waals surface area (Å²) in [7, 11) is 0. The number of phenolic OH excluding ortho intramolecular Hbond substituents is 1. The van der Waals surface area contributed by atoms with Crippen LogP contribution < -0.4 is 5.32 Å². The summed E-state index contributed by atoms with van der Waals surface area (Å²) in [5.41, 5.74) is 1.82. The summed E-state index contributed by atoms with van der Waals surface area (Å²) < 4.78 is 0. The van der Waals surface area contributed by atoms with Gasteiger partial charge in [-0.25, -0.2) is 0 Å². The van der Waals surface area contributed by atoms with Crippen molar-refractivity contribution in [2.45, 2.75) is 44.6 Å². The Labute approximate surface area is 169 Å². The number of aromatic hydroxyl groups is 1. The number of phenols is 1. The highest BCUT2D eigenvalue weighted by molar-refractivity contribution is 6.31. The number of fused-ring (bicyclic) bond motifs is 1. The van der Waals surface area contributed by atoms with E-state index in [1.165, 1.54) is 5.56 Å². The first-order valence-corrected chi connectivity index (χ1v) is 10.1. The van der Waals surface area contributed by atoms with Crippen molar-refractivity contribution in [3.05, 3.63) is 63.6 Å². The van der Waals surface area contributed by atoms with Gasteiger partial charge in [0.05, 0.1) is 5.41 Å². The summed E-state index contributed by atoms with van der Waals surface area (Å²) in [6.07, 6.45) is 1.69. The number of hydrogen-bond acceptors (Lipinski definition) is 2. The first kappa shape index (κ1) is 18.6. The van der Waals surface area contributed by atoms with E-state index in [0.717, 1.165) is 18.4 Å². The van der Waals surface area contributed by atoms with Crippen molar-refractivity contribution in [3.8, 4) is 5.75 Å². The van der Waals surface area contributed by atoms with Crippen molar-refractivity contribution in [2.75, 3.05) is 0 Å². The van der Waals surface area contributed by atoms with Gasteiger partial charge in [0.1, 0.15) is 5.75 Å². The summed E-state index contributed by atoms with van der Waals surface area (Å²) >= 11 is 12.6. The third kappa shape index (κ3) is 3.01. The van der Waals surface area contributed by atoms with Gasteiger partial charge in [0.2, 0.25) is 5.91 Å². The number of rotatable bonds is 2. The van der Waals surface area contributed by atoms with Crippen molar-refractivity contribution in [1.29, 1.82) is 0 Å². The van der Waals surface area contributed by atoms with Gasteiger partial charge in [0.15, 0.2) is 0 Å². The molecule has 2 N–H and O–H groups in total. The third-order valence-electron chi connectivity index (χ3n) is 6.59. The van der Waals surface area contributed by atoms with Crippen molar-refractivity contribution in [1.82, 2.24) is 5.32 Å². The molecule has 5 heteroatoms. The molecular weight excluding hydrogens is 381 g/mol. The van der Waals surface area contributed by atoms with Gasteiger partial charge in [-0.2, -0.15) is 0 Å². The van der Waals surface area contributed by atoms with Crippen LogP contribution in [0.15, 0.2) is 42.5 Å². The second-order valence-electron chi connectivity index (χ2n) is 8.13. The number of nitrogens with one attached hydrogen (secondary N) is 1. The number of carbonyl (C=O) groups excluding carboxylic acids is 1. The van der Waals surface area contributed by atoms with Gasteiger partial charge in [-0.3, -0.25) is 4.79 Å². The number of halogens is 2. The molecule has 4 rings (SSSR count). The van der Waals surface area contributed by atoms with E-state index in [1.807, 2.05) is 18.2 Å². The third-order valence-corrected chi connectivity index (χ3v) is 7.16. The fraction of sp³-hybridized carbons (Fsp3) is 0.409. The van der Waals surface area contributed by atoms with Crippen LogP contribution in [-0.4, -0.2) is 17.1 Å². The summed E-state index contributed by atoms with van der Waals surface area (Å²) in [6, 6.07) is 13.2. The predicted octanol–water partition coefficient (Wildman–Crippen LogP) is 5.50. The number of benzene rings is 2. The molecule has 142 valence electrons. The van der Waals surface area contributed by atoms with E-state index in [0.29, 0.717) is 10.0 Å². The molecule has 5 atom stereocenters. The molecule has 2 aliphatic rings. The monoisotopic (exact) mass is 403 g/mol. The SMILES string of the molecule is C[C@H]1NC(=O)[C@]2(C)CC[C@@H](c3ccc(O)cc3Cl)[C@H](c3ccc(Cl)cc3)[C@H]12. The van der Waals surface area contributed by atoms with E-state index in [1.54, 1.807) is 12.1 Å². The molecule has 1 aliphatic carbocycles. The van der Waals surface area contributed by atoms with E-state index in [-0.39, 0.29) is 40.9 Å². The molecule has 1 amide bonds. The van der Waals surface area contributed by atoms with E-state index in [4.69, 9.17) is 23.2 Å². The topological polar surface area (TPSA) is 49.3 Å². The van der Waals surface area contributed by atoms with Gasteiger partial charge < -0.3 is 10.4 Å². The maximum absolute atomic E-state index is 12.7. The van der Waals surface area contributed by atoms with Gasteiger partial charge in [-0.15, -0.1) is 0 Å². The van der Waals surface area contributed by atoms with Crippen LogP contribution in [0.2, 0.25) is 10.0 Å². The fourth-order valence-electron chi connectivity index (χ4n) is 5.33. The Balaban J connectivity index is 1.85. The minimum atomic E-state index is -0.385. The zero-order valence-electron chi connectivity index (χ0n) is 15.4. The van der Waals surface area contributed by atoms with Crippen molar-refractivity contribution < 1.29 is 9.90 Å². The largest absolute Gasteiger partial charge is 0.508 e. The van der Waals surface area contributed by atoms with Crippen LogP contribution in [0.3, 0.4) is 0 Å². The minimum Gasteiger partial charge on any atom is -0.508 e. The molecule has 0 bridgehead atoms. The molecule has 1 aliphatic heterocycles. The van der Waals surface area contributed by atoms with E-state index >= 15 is 0 Å². The van der Waals surface area contributed by atoms with Crippen molar-refractivity contribution >= 4 is 29.1 Å². The smallest absolute Gasteiger partial charge is 0.226 e. The van der Waals surface area contributed by atoms with Gasteiger partial charge in [0.25, 0.3) is 0 Å². The molecule has 0 aromatic heterocycles. The Morgan fingerprint density at radius 1 is 1.15 bits per heavy atom. The Morgan fingerprint density at radius 3 is 2.52 bits per heavy atom. The Kier molecular flexibility index (Phi) is 4.64. The second-order valence-corrected chi connectivity index (χ2v) is 8.98. The van der Waals surface area contributed by atoms with Gasteiger partial charge in [-0.1, -0.05) is 48.3 Å². The summed E-state index contributed by atoms with van der Waals surface area (Å²) in [5.74, 6) is 0.784. The minimum absolute atomic E-state index is 0.0851. The predicted molar refractivity (Wildman–Crippen MR) is 108 cm³/mol. The molecule has 1 heterocycles. The Morgan fingerprint density at radius 2 is 1.85 bits per heavy atom. The average Bonchev–Trinajstić information content (AvgIpc) is 2.85. The maximum Gasteiger partial charge on any atom is 0.226 e. The number of hydrogen-bond donors (Lipinski definition) is 2. The first-order chi connectivity index (χ1) is 12.8. The molecule has 0 radical (unpaired) electrons. The molecule has 2 aromatic rings. The highest BCUT2D eigenvalue weighted by Gasteiger charge is 2.57. The van der Waals surface area contributed by atoms with Crippen LogP contribution in [0.25, 0.3) is 0 Å². The number of amides is 1. The molecular formula is C22H23Cl2NO2. The Hall–Kier alpha value is -1.71. The summed E-state index contributed by atoms with van der Waals surface area (Å²) in [6.45, 7) is 4.19. The highest BCUT2D eigenvalue weighted by atomic mass is 35.5. The zero-order valence-corrected chi connectivity index (χ0v) is 16.9.